The zero-order chi connectivity index (χ0) is 11.7. The number of rotatable bonds is 2. The molecule has 0 aromatic heterocycles. The van der Waals surface area contributed by atoms with E-state index in [1.807, 2.05) is 0 Å². The topological polar surface area (TPSA) is 70.5 Å². The van der Waals surface area contributed by atoms with Crippen LogP contribution in [-0.4, -0.2) is 19.0 Å². The predicted molar refractivity (Wildman–Crippen MR) is 67.2 cm³/mol. The largest absolute Gasteiger partial charge is 0.494 e. The van der Waals surface area contributed by atoms with Crippen molar-refractivity contribution in [3.05, 3.63) is 6.07 Å². The van der Waals surface area contributed by atoms with Gasteiger partial charge in [0.05, 0.1) is 17.7 Å². The number of hydrogen-bond acceptors (Lipinski definition) is 5. The summed E-state index contributed by atoms with van der Waals surface area (Å²) in [7, 11) is 1.57. The highest BCUT2D eigenvalue weighted by Gasteiger charge is 2.25. The van der Waals surface area contributed by atoms with Crippen molar-refractivity contribution in [2.75, 3.05) is 24.3 Å². The number of nitrogen functional groups attached to an aromatic ring is 2. The first-order chi connectivity index (χ1) is 7.67. The second-order valence-electron chi connectivity index (χ2n) is 3.70. The van der Waals surface area contributed by atoms with Crippen LogP contribution in [0.2, 0.25) is 0 Å². The fourth-order valence-corrected chi connectivity index (χ4v) is 2.83. The molecule has 1 aromatic rings. The number of thioether (sulfide) groups is 1. The molecule has 5 heteroatoms. The molecule has 0 amide bonds. The van der Waals surface area contributed by atoms with Gasteiger partial charge in [0.1, 0.15) is 17.5 Å². The summed E-state index contributed by atoms with van der Waals surface area (Å²) in [5, 5.41) is 0. The quantitative estimate of drug-likeness (QED) is 0.775. The van der Waals surface area contributed by atoms with Gasteiger partial charge in [0.25, 0.3) is 0 Å². The third-order valence-corrected chi connectivity index (χ3v) is 3.89. The van der Waals surface area contributed by atoms with Crippen molar-refractivity contribution in [3.63, 3.8) is 0 Å². The molecule has 1 aromatic carbocycles. The Morgan fingerprint density at radius 3 is 2.94 bits per heavy atom. The normalized spacial score (nSPS) is 18.8. The molecule has 1 aliphatic rings. The number of anilines is 2. The van der Waals surface area contributed by atoms with E-state index in [9.17, 15) is 0 Å². The highest BCUT2D eigenvalue weighted by atomic mass is 32.2. The van der Waals surface area contributed by atoms with Crippen LogP contribution in [0.25, 0.3) is 0 Å². The maximum absolute atomic E-state index is 5.98. The van der Waals surface area contributed by atoms with Crippen molar-refractivity contribution >= 4 is 23.1 Å². The van der Waals surface area contributed by atoms with E-state index in [1.54, 1.807) is 24.9 Å². The molecule has 4 N–H and O–H groups in total. The Morgan fingerprint density at radius 1 is 1.56 bits per heavy atom. The molecule has 1 aliphatic heterocycles. The van der Waals surface area contributed by atoms with E-state index >= 15 is 0 Å². The monoisotopic (exact) mass is 240 g/mol. The molecule has 0 spiro atoms. The van der Waals surface area contributed by atoms with Crippen molar-refractivity contribution in [1.82, 2.24) is 0 Å². The third-order valence-electron chi connectivity index (χ3n) is 2.64. The molecule has 0 aliphatic carbocycles. The minimum atomic E-state index is 0.200. The maximum Gasteiger partial charge on any atom is 0.162 e. The summed E-state index contributed by atoms with van der Waals surface area (Å²) in [6.07, 6.45) is 1.16. The van der Waals surface area contributed by atoms with E-state index in [0.717, 1.165) is 17.1 Å². The Balaban J connectivity index is 2.47. The predicted octanol–water partition coefficient (Wildman–Crippen LogP) is 2.12. The minimum Gasteiger partial charge on any atom is -0.494 e. The first-order valence-electron chi connectivity index (χ1n) is 5.22. The summed E-state index contributed by atoms with van der Waals surface area (Å²) >= 11 is 1.70. The van der Waals surface area contributed by atoms with Crippen LogP contribution in [0.1, 0.15) is 13.3 Å². The molecule has 0 radical (unpaired) electrons. The van der Waals surface area contributed by atoms with Gasteiger partial charge in [-0.1, -0.05) is 6.92 Å². The van der Waals surface area contributed by atoms with E-state index in [4.69, 9.17) is 20.9 Å². The van der Waals surface area contributed by atoms with Gasteiger partial charge in [-0.15, -0.1) is 11.8 Å². The van der Waals surface area contributed by atoms with Gasteiger partial charge in [0, 0.05) is 11.8 Å². The second-order valence-corrected chi connectivity index (χ2v) is 4.73. The lowest BCUT2D eigenvalue weighted by Gasteiger charge is -2.27. The number of benzene rings is 1. The van der Waals surface area contributed by atoms with Crippen LogP contribution in [0, 0.1) is 0 Å². The molecule has 1 unspecified atom stereocenters. The fraction of sp³-hybridized carbons (Fsp3) is 0.455. The summed E-state index contributed by atoms with van der Waals surface area (Å²) in [5.41, 5.74) is 13.1. The van der Waals surface area contributed by atoms with Gasteiger partial charge in [-0.25, -0.2) is 0 Å². The average Bonchev–Trinajstić information content (AvgIpc) is 2.33. The third kappa shape index (κ3) is 1.75. The minimum absolute atomic E-state index is 0.200. The molecule has 88 valence electrons. The van der Waals surface area contributed by atoms with Crippen LogP contribution in [-0.2, 0) is 0 Å². The Labute approximate surface area is 99.3 Å². The van der Waals surface area contributed by atoms with Gasteiger partial charge >= 0.3 is 0 Å². The van der Waals surface area contributed by atoms with Crippen LogP contribution >= 0.6 is 11.8 Å². The highest BCUT2D eigenvalue weighted by molar-refractivity contribution is 7.99. The van der Waals surface area contributed by atoms with Crippen molar-refractivity contribution in [3.8, 4) is 11.5 Å². The fourth-order valence-electron chi connectivity index (χ4n) is 1.66. The summed E-state index contributed by atoms with van der Waals surface area (Å²) < 4.78 is 11.0. The molecule has 1 heterocycles. The van der Waals surface area contributed by atoms with Gasteiger partial charge in [0.2, 0.25) is 0 Å². The average molecular weight is 240 g/mol. The van der Waals surface area contributed by atoms with E-state index in [1.165, 1.54) is 0 Å². The maximum atomic E-state index is 5.98. The van der Waals surface area contributed by atoms with Crippen molar-refractivity contribution < 1.29 is 9.47 Å². The van der Waals surface area contributed by atoms with E-state index in [2.05, 4.69) is 6.92 Å². The Hall–Kier alpha value is -1.23. The van der Waals surface area contributed by atoms with Gasteiger partial charge in [-0.3, -0.25) is 0 Å². The Morgan fingerprint density at radius 2 is 2.31 bits per heavy atom. The van der Waals surface area contributed by atoms with Crippen LogP contribution in [0.5, 0.6) is 11.5 Å². The second kappa shape index (κ2) is 4.33. The zero-order valence-corrected chi connectivity index (χ0v) is 10.3. The first kappa shape index (κ1) is 11.3. The highest BCUT2D eigenvalue weighted by Crippen LogP contribution is 2.47. The molecule has 0 bridgehead atoms. The van der Waals surface area contributed by atoms with Gasteiger partial charge < -0.3 is 20.9 Å². The van der Waals surface area contributed by atoms with E-state index in [0.29, 0.717) is 22.9 Å². The lowest BCUT2D eigenvalue weighted by atomic mass is 10.2. The molecule has 0 saturated carbocycles. The van der Waals surface area contributed by atoms with Crippen molar-refractivity contribution in [2.24, 2.45) is 0 Å². The number of ether oxygens (including phenoxy) is 2. The molecule has 16 heavy (non-hydrogen) atoms. The molecule has 4 nitrogen and oxygen atoms in total. The van der Waals surface area contributed by atoms with Gasteiger partial charge in [0.15, 0.2) is 5.75 Å². The van der Waals surface area contributed by atoms with E-state index in [-0.39, 0.29) is 6.10 Å². The lowest BCUT2D eigenvalue weighted by Crippen LogP contribution is -2.23. The molecule has 2 rings (SSSR count). The molecular weight excluding hydrogens is 224 g/mol. The molecular formula is C11H16N2O2S. The summed E-state index contributed by atoms with van der Waals surface area (Å²) in [4.78, 5) is 0.933. The molecule has 0 fully saturated rings. The van der Waals surface area contributed by atoms with Gasteiger partial charge in [-0.2, -0.15) is 0 Å². The Kier molecular flexibility index (Phi) is 3.05. The molecule has 0 saturated heterocycles. The number of methoxy groups -OCH3 is 1. The van der Waals surface area contributed by atoms with E-state index < -0.39 is 0 Å². The summed E-state index contributed by atoms with van der Waals surface area (Å²) in [5.74, 6) is 2.17. The molecule has 1 atom stereocenters. The van der Waals surface area contributed by atoms with Crippen LogP contribution in [0.3, 0.4) is 0 Å². The standard InChI is InChI=1S/C11H16N2O2S/c1-3-6-5-16-11-7(12)4-8(14-2)9(13)10(11)15-6/h4,6H,3,5,12-13H2,1-2H3. The Bertz CT molecular complexity index is 409. The lowest BCUT2D eigenvalue weighted by molar-refractivity contribution is 0.212. The van der Waals surface area contributed by atoms with Gasteiger partial charge in [-0.05, 0) is 6.42 Å². The summed E-state index contributed by atoms with van der Waals surface area (Å²) in [6.45, 7) is 2.09. The SMILES string of the molecule is CCC1CSc2c(N)cc(OC)c(N)c2O1. The van der Waals surface area contributed by atoms with Crippen LogP contribution in [0.15, 0.2) is 11.0 Å². The first-order valence-corrected chi connectivity index (χ1v) is 6.21. The van der Waals surface area contributed by atoms with Crippen molar-refractivity contribution in [2.45, 2.75) is 24.3 Å². The van der Waals surface area contributed by atoms with Crippen LogP contribution in [0.4, 0.5) is 11.4 Å². The number of hydrogen-bond donors (Lipinski definition) is 2. The summed E-state index contributed by atoms with van der Waals surface area (Å²) in [6, 6.07) is 1.75. The van der Waals surface area contributed by atoms with Crippen molar-refractivity contribution in [1.29, 1.82) is 0 Å². The number of fused-ring (bicyclic) bond motifs is 1. The zero-order valence-electron chi connectivity index (χ0n) is 9.45. The smallest absolute Gasteiger partial charge is 0.162 e. The van der Waals surface area contributed by atoms with Crippen LogP contribution < -0.4 is 20.9 Å². The number of nitrogens with two attached hydrogens (primary N) is 2.